The summed E-state index contributed by atoms with van der Waals surface area (Å²) in [5.74, 6) is 0.676. The largest absolute Gasteiger partial charge is 0.496 e. The van der Waals surface area contributed by atoms with Crippen molar-refractivity contribution < 1.29 is 17.9 Å². The van der Waals surface area contributed by atoms with Crippen LogP contribution < -0.4 is 10.1 Å². The Morgan fingerprint density at radius 3 is 2.40 bits per heavy atom. The van der Waals surface area contributed by atoms with Gasteiger partial charge in [-0.1, -0.05) is 26.3 Å². The summed E-state index contributed by atoms with van der Waals surface area (Å²) in [6, 6.07) is 3.97. The zero-order valence-corrected chi connectivity index (χ0v) is 15.8. The van der Waals surface area contributed by atoms with Gasteiger partial charge in [0.25, 0.3) is 0 Å². The number of halogens is 4. The zero-order valence-electron chi connectivity index (χ0n) is 15.0. The van der Waals surface area contributed by atoms with Crippen LogP contribution in [0.5, 0.6) is 5.75 Å². The fourth-order valence-corrected chi connectivity index (χ4v) is 3.57. The molecule has 1 saturated heterocycles. The van der Waals surface area contributed by atoms with Gasteiger partial charge in [-0.2, -0.15) is 13.2 Å². The minimum atomic E-state index is -4.36. The maximum Gasteiger partial charge on any atom is 0.416 e. The van der Waals surface area contributed by atoms with E-state index >= 15 is 0 Å². The molecule has 3 nitrogen and oxygen atoms in total. The third kappa shape index (κ3) is 5.50. The quantitative estimate of drug-likeness (QED) is 0.785. The molecule has 1 aliphatic heterocycles. The molecule has 7 heteroatoms. The second kappa shape index (κ2) is 9.64. The van der Waals surface area contributed by atoms with Crippen LogP contribution >= 0.6 is 12.4 Å². The van der Waals surface area contributed by atoms with Crippen molar-refractivity contribution in [2.45, 2.75) is 38.9 Å². The van der Waals surface area contributed by atoms with E-state index < -0.39 is 11.7 Å². The van der Waals surface area contributed by atoms with Crippen LogP contribution in [0.1, 0.15) is 43.9 Å². The van der Waals surface area contributed by atoms with Crippen LogP contribution in [0, 0.1) is 5.92 Å². The van der Waals surface area contributed by atoms with Crippen molar-refractivity contribution in [2.75, 3.05) is 33.3 Å². The van der Waals surface area contributed by atoms with Crippen molar-refractivity contribution in [3.05, 3.63) is 29.3 Å². The molecule has 2 atom stereocenters. The van der Waals surface area contributed by atoms with Gasteiger partial charge < -0.3 is 10.1 Å². The van der Waals surface area contributed by atoms with Crippen LogP contribution in [0.3, 0.4) is 0 Å². The highest BCUT2D eigenvalue weighted by atomic mass is 35.5. The molecular formula is C18H28ClF3N2O. The van der Waals surface area contributed by atoms with Gasteiger partial charge in [0.1, 0.15) is 5.75 Å². The monoisotopic (exact) mass is 380 g/mol. The number of piperazine rings is 1. The Kier molecular flexibility index (Phi) is 8.51. The van der Waals surface area contributed by atoms with Crippen molar-refractivity contribution in [1.82, 2.24) is 10.2 Å². The summed E-state index contributed by atoms with van der Waals surface area (Å²) < 4.78 is 44.3. The maximum absolute atomic E-state index is 13.0. The molecule has 1 fully saturated rings. The first-order valence-electron chi connectivity index (χ1n) is 8.58. The number of nitrogens with one attached hydrogen (secondary N) is 1. The molecule has 0 amide bonds. The zero-order chi connectivity index (χ0) is 17.7. The highest BCUT2D eigenvalue weighted by Crippen LogP contribution is 2.40. The van der Waals surface area contributed by atoms with E-state index in [1.807, 2.05) is 0 Å². The van der Waals surface area contributed by atoms with E-state index in [2.05, 4.69) is 24.1 Å². The van der Waals surface area contributed by atoms with Crippen molar-refractivity contribution in [2.24, 2.45) is 5.92 Å². The topological polar surface area (TPSA) is 24.5 Å². The Balaban J connectivity index is 0.00000312. The number of hydrogen-bond donors (Lipinski definition) is 1. The summed E-state index contributed by atoms with van der Waals surface area (Å²) in [6.07, 6.45) is -2.28. The molecule has 1 unspecified atom stereocenters. The lowest BCUT2D eigenvalue weighted by Gasteiger charge is -2.39. The van der Waals surface area contributed by atoms with Gasteiger partial charge in [0.05, 0.1) is 12.7 Å². The van der Waals surface area contributed by atoms with Crippen molar-refractivity contribution in [3.8, 4) is 5.75 Å². The second-order valence-electron chi connectivity index (χ2n) is 6.45. The van der Waals surface area contributed by atoms with Gasteiger partial charge in [-0.15, -0.1) is 12.4 Å². The summed E-state index contributed by atoms with van der Waals surface area (Å²) >= 11 is 0. The lowest BCUT2D eigenvalue weighted by atomic mass is 9.88. The van der Waals surface area contributed by atoms with E-state index in [9.17, 15) is 13.2 Å². The lowest BCUT2D eigenvalue weighted by molar-refractivity contribution is -0.137. The molecule has 0 bridgehead atoms. The summed E-state index contributed by atoms with van der Waals surface area (Å²) in [5.41, 5.74) is 0.193. The van der Waals surface area contributed by atoms with Crippen molar-refractivity contribution in [3.63, 3.8) is 0 Å². The number of nitrogens with zero attached hydrogens (tertiary/aromatic N) is 1. The molecule has 1 aromatic rings. The summed E-state index contributed by atoms with van der Waals surface area (Å²) in [4.78, 5) is 2.36. The van der Waals surface area contributed by atoms with Crippen LogP contribution in [0.4, 0.5) is 13.2 Å². The number of methoxy groups -OCH3 is 1. The predicted molar refractivity (Wildman–Crippen MR) is 96.5 cm³/mol. The Bertz CT molecular complexity index is 534. The van der Waals surface area contributed by atoms with Crippen LogP contribution in [0.15, 0.2) is 18.2 Å². The molecular weight excluding hydrogens is 353 g/mol. The molecule has 1 aromatic carbocycles. The van der Waals surface area contributed by atoms with Gasteiger partial charge in [-0.25, -0.2) is 0 Å². The van der Waals surface area contributed by atoms with Gasteiger partial charge >= 0.3 is 6.18 Å². The molecule has 0 aliphatic carbocycles. The third-order valence-corrected chi connectivity index (χ3v) is 4.71. The van der Waals surface area contributed by atoms with Crippen LogP contribution in [-0.4, -0.2) is 38.2 Å². The first-order chi connectivity index (χ1) is 11.4. The summed E-state index contributed by atoms with van der Waals surface area (Å²) in [5, 5.41) is 3.33. The van der Waals surface area contributed by atoms with Gasteiger partial charge in [0.2, 0.25) is 0 Å². The van der Waals surface area contributed by atoms with Gasteiger partial charge in [-0.3, -0.25) is 4.90 Å². The van der Waals surface area contributed by atoms with Gasteiger partial charge in [-0.05, 0) is 24.5 Å². The van der Waals surface area contributed by atoms with E-state index in [-0.39, 0.29) is 18.4 Å². The van der Waals surface area contributed by atoms with E-state index in [4.69, 9.17) is 4.74 Å². The highest BCUT2D eigenvalue weighted by molar-refractivity contribution is 5.85. The molecule has 25 heavy (non-hydrogen) atoms. The number of rotatable bonds is 6. The van der Waals surface area contributed by atoms with E-state index in [0.29, 0.717) is 11.7 Å². The number of hydrogen-bond acceptors (Lipinski definition) is 3. The van der Waals surface area contributed by atoms with Crippen LogP contribution in [0.25, 0.3) is 0 Å². The lowest BCUT2D eigenvalue weighted by Crippen LogP contribution is -2.46. The molecule has 2 rings (SSSR count). The third-order valence-electron chi connectivity index (χ3n) is 4.71. The standard InChI is InChI=1S/C18H27F3N2O.ClH/c1-4-5-13(2)17(23-10-8-22-9-11-23)15-7-6-14(18(19,20)21)12-16(15)24-3;/h6-7,12-13,17,22H,4-5,8-11H2,1-3H3;1H/t13?,17-;/m1./s1. The summed E-state index contributed by atoms with van der Waals surface area (Å²) in [7, 11) is 1.44. The molecule has 0 aromatic heterocycles. The smallest absolute Gasteiger partial charge is 0.416 e. The molecule has 0 saturated carbocycles. The average Bonchev–Trinajstić information content (AvgIpc) is 2.55. The number of alkyl halides is 3. The first-order valence-corrected chi connectivity index (χ1v) is 8.58. The molecule has 1 aliphatic rings. The molecule has 1 N–H and O–H groups in total. The van der Waals surface area contributed by atoms with Crippen LogP contribution in [-0.2, 0) is 6.18 Å². The Morgan fingerprint density at radius 1 is 1.24 bits per heavy atom. The normalized spacial score (nSPS) is 18.3. The van der Waals surface area contributed by atoms with Gasteiger partial charge in [0.15, 0.2) is 0 Å². The maximum atomic E-state index is 13.0. The van der Waals surface area contributed by atoms with Crippen LogP contribution in [0.2, 0.25) is 0 Å². The summed E-state index contributed by atoms with van der Waals surface area (Å²) in [6.45, 7) is 7.89. The Morgan fingerprint density at radius 2 is 1.88 bits per heavy atom. The van der Waals surface area contributed by atoms with Gasteiger partial charge in [0, 0.05) is 37.8 Å². The Labute approximate surface area is 154 Å². The SMILES string of the molecule is CCCC(C)[C@H](c1ccc(C(F)(F)F)cc1OC)N1CCNCC1.Cl. The second-order valence-corrected chi connectivity index (χ2v) is 6.45. The van der Waals surface area contributed by atoms with E-state index in [1.165, 1.54) is 13.2 Å². The van der Waals surface area contributed by atoms with Crippen molar-refractivity contribution >= 4 is 12.4 Å². The average molecular weight is 381 g/mol. The Hall–Kier alpha value is -0.980. The van der Waals surface area contributed by atoms with Crippen molar-refractivity contribution in [1.29, 1.82) is 0 Å². The number of ether oxygens (including phenoxy) is 1. The first kappa shape index (κ1) is 22.1. The highest BCUT2D eigenvalue weighted by Gasteiger charge is 2.34. The molecule has 0 radical (unpaired) electrons. The van der Waals surface area contributed by atoms with E-state index in [0.717, 1.165) is 50.7 Å². The van der Waals surface area contributed by atoms with E-state index in [1.54, 1.807) is 6.07 Å². The minimum Gasteiger partial charge on any atom is -0.496 e. The minimum absolute atomic E-state index is 0. The predicted octanol–water partition coefficient (Wildman–Crippen LogP) is 4.52. The number of benzene rings is 1. The molecule has 144 valence electrons. The molecule has 1 heterocycles. The fourth-order valence-electron chi connectivity index (χ4n) is 3.57. The fraction of sp³-hybridized carbons (Fsp3) is 0.667. The molecule has 0 spiro atoms.